The number of benzene rings is 1. The number of phenolic OH excluding ortho intramolecular Hbond substituents is 1. The molecule has 0 radical (unpaired) electrons. The zero-order valence-corrected chi connectivity index (χ0v) is 13.6. The van der Waals surface area contributed by atoms with Crippen LogP contribution in [0.1, 0.15) is 19.3 Å². The number of nitrogens with zero attached hydrogens (tertiary/aromatic N) is 1. The number of hydrogen-bond acceptors (Lipinski definition) is 4. The van der Waals surface area contributed by atoms with Crippen LogP contribution in [0.15, 0.2) is 30.4 Å². The third-order valence-electron chi connectivity index (χ3n) is 4.39. The molecule has 3 amide bonds. The average Bonchev–Trinajstić information content (AvgIpc) is 2.81. The molecule has 2 aliphatic rings. The zero-order valence-electron chi connectivity index (χ0n) is 12.9. The second-order valence-corrected chi connectivity index (χ2v) is 6.38. The summed E-state index contributed by atoms with van der Waals surface area (Å²) in [6.45, 7) is 0.0395. The van der Waals surface area contributed by atoms with Gasteiger partial charge in [0.1, 0.15) is 5.75 Å². The number of imide groups is 1. The van der Waals surface area contributed by atoms with Crippen molar-refractivity contribution in [3.8, 4) is 5.75 Å². The molecule has 2 N–H and O–H groups in total. The summed E-state index contributed by atoms with van der Waals surface area (Å²) in [7, 11) is 0. The van der Waals surface area contributed by atoms with Crippen LogP contribution in [0.3, 0.4) is 0 Å². The van der Waals surface area contributed by atoms with Crippen LogP contribution in [0.5, 0.6) is 5.75 Å². The highest BCUT2D eigenvalue weighted by molar-refractivity contribution is 6.31. The first kappa shape index (κ1) is 16.5. The maximum absolute atomic E-state index is 12.3. The van der Waals surface area contributed by atoms with E-state index in [0.717, 1.165) is 0 Å². The Hall–Kier alpha value is -2.34. The predicted octanol–water partition coefficient (Wildman–Crippen LogP) is 2.33. The largest absolute Gasteiger partial charge is 0.506 e. The van der Waals surface area contributed by atoms with Crippen molar-refractivity contribution in [1.82, 2.24) is 4.90 Å². The number of anilines is 1. The highest BCUT2D eigenvalue weighted by Gasteiger charge is 2.46. The van der Waals surface area contributed by atoms with Crippen molar-refractivity contribution in [2.24, 2.45) is 11.8 Å². The second kappa shape index (κ2) is 6.65. The van der Waals surface area contributed by atoms with E-state index < -0.39 is 5.91 Å². The Bertz CT molecular complexity index is 705. The van der Waals surface area contributed by atoms with E-state index in [0.29, 0.717) is 17.9 Å². The quantitative estimate of drug-likeness (QED) is 0.496. The summed E-state index contributed by atoms with van der Waals surface area (Å²) < 4.78 is 0. The van der Waals surface area contributed by atoms with Gasteiger partial charge in [-0.05, 0) is 31.0 Å². The molecular formula is C17H17ClN2O4. The van der Waals surface area contributed by atoms with Gasteiger partial charge in [-0.1, -0.05) is 23.8 Å². The molecule has 1 aliphatic heterocycles. The summed E-state index contributed by atoms with van der Waals surface area (Å²) in [4.78, 5) is 37.8. The molecule has 3 rings (SSSR count). The van der Waals surface area contributed by atoms with Gasteiger partial charge in [0.2, 0.25) is 17.7 Å². The molecule has 6 nitrogen and oxygen atoms in total. The summed E-state index contributed by atoms with van der Waals surface area (Å²) in [6, 6.07) is 4.31. The van der Waals surface area contributed by atoms with E-state index in [-0.39, 0.29) is 48.1 Å². The minimum absolute atomic E-state index is 0.0314. The van der Waals surface area contributed by atoms with Crippen molar-refractivity contribution < 1.29 is 19.5 Å². The Morgan fingerprint density at radius 3 is 2.46 bits per heavy atom. The van der Waals surface area contributed by atoms with E-state index in [1.165, 1.54) is 23.1 Å². The van der Waals surface area contributed by atoms with Crippen LogP contribution in [0.2, 0.25) is 5.02 Å². The van der Waals surface area contributed by atoms with Gasteiger partial charge < -0.3 is 10.4 Å². The SMILES string of the molecule is O=C(CCN1C(=O)[C@@H]2CC=CC[C@H]2C1=O)Nc1cc(Cl)ccc1O. The first-order chi connectivity index (χ1) is 11.5. The molecule has 1 heterocycles. The summed E-state index contributed by atoms with van der Waals surface area (Å²) >= 11 is 5.82. The van der Waals surface area contributed by atoms with Crippen molar-refractivity contribution >= 4 is 35.0 Å². The molecule has 1 saturated heterocycles. The van der Waals surface area contributed by atoms with Gasteiger partial charge in [-0.3, -0.25) is 19.3 Å². The van der Waals surface area contributed by atoms with Crippen molar-refractivity contribution in [3.05, 3.63) is 35.4 Å². The molecule has 0 saturated carbocycles. The maximum Gasteiger partial charge on any atom is 0.233 e. The van der Waals surface area contributed by atoms with Crippen LogP contribution >= 0.6 is 11.6 Å². The van der Waals surface area contributed by atoms with Gasteiger partial charge in [0.25, 0.3) is 0 Å². The molecule has 1 fully saturated rings. The molecule has 0 bridgehead atoms. The molecule has 1 aromatic carbocycles. The maximum atomic E-state index is 12.3. The van der Waals surface area contributed by atoms with E-state index in [2.05, 4.69) is 5.32 Å². The van der Waals surface area contributed by atoms with Crippen LogP contribution in [-0.4, -0.2) is 34.3 Å². The number of rotatable bonds is 4. The van der Waals surface area contributed by atoms with E-state index in [4.69, 9.17) is 11.6 Å². The molecule has 2 atom stereocenters. The predicted molar refractivity (Wildman–Crippen MR) is 88.4 cm³/mol. The van der Waals surface area contributed by atoms with Gasteiger partial charge >= 0.3 is 0 Å². The molecule has 126 valence electrons. The van der Waals surface area contributed by atoms with E-state index in [1.807, 2.05) is 12.2 Å². The van der Waals surface area contributed by atoms with Crippen LogP contribution < -0.4 is 5.32 Å². The fraction of sp³-hybridized carbons (Fsp3) is 0.353. The molecule has 7 heteroatoms. The topological polar surface area (TPSA) is 86.7 Å². The molecule has 1 aliphatic carbocycles. The van der Waals surface area contributed by atoms with Crippen LogP contribution in [-0.2, 0) is 14.4 Å². The number of allylic oxidation sites excluding steroid dienone is 2. The van der Waals surface area contributed by atoms with E-state index in [1.54, 1.807) is 0 Å². The number of carbonyl (C=O) groups is 3. The zero-order chi connectivity index (χ0) is 17.3. The lowest BCUT2D eigenvalue weighted by molar-refractivity contribution is -0.140. The number of fused-ring (bicyclic) bond motifs is 1. The van der Waals surface area contributed by atoms with Crippen molar-refractivity contribution in [2.45, 2.75) is 19.3 Å². The Balaban J connectivity index is 1.59. The van der Waals surface area contributed by atoms with Gasteiger partial charge in [-0.15, -0.1) is 0 Å². The Morgan fingerprint density at radius 2 is 1.83 bits per heavy atom. The molecule has 24 heavy (non-hydrogen) atoms. The number of aromatic hydroxyl groups is 1. The summed E-state index contributed by atoms with van der Waals surface area (Å²) in [5, 5.41) is 12.6. The Labute approximate surface area is 144 Å². The smallest absolute Gasteiger partial charge is 0.233 e. The monoisotopic (exact) mass is 348 g/mol. The van der Waals surface area contributed by atoms with Crippen LogP contribution in [0.4, 0.5) is 5.69 Å². The number of amides is 3. The number of carbonyl (C=O) groups excluding carboxylic acids is 3. The molecule has 0 unspecified atom stereocenters. The van der Waals surface area contributed by atoms with Crippen molar-refractivity contribution in [2.75, 3.05) is 11.9 Å². The standard InChI is InChI=1S/C17H17ClN2O4/c18-10-5-6-14(21)13(9-10)19-15(22)7-8-20-16(23)11-3-1-2-4-12(11)17(20)24/h1-2,5-6,9,11-12,21H,3-4,7-8H2,(H,19,22)/t11-,12-/m1/s1. The van der Waals surface area contributed by atoms with Crippen LogP contribution in [0, 0.1) is 11.8 Å². The fourth-order valence-electron chi connectivity index (χ4n) is 3.12. The Kier molecular flexibility index (Phi) is 4.57. The molecule has 1 aromatic rings. The summed E-state index contributed by atoms with van der Waals surface area (Å²) in [5.41, 5.74) is 0.199. The fourth-order valence-corrected chi connectivity index (χ4v) is 3.30. The van der Waals surface area contributed by atoms with Crippen molar-refractivity contribution in [3.63, 3.8) is 0 Å². The van der Waals surface area contributed by atoms with Gasteiger partial charge in [-0.2, -0.15) is 0 Å². The number of halogens is 1. The molecule has 0 aromatic heterocycles. The normalized spacial score (nSPS) is 22.6. The highest BCUT2D eigenvalue weighted by Crippen LogP contribution is 2.35. The van der Waals surface area contributed by atoms with E-state index in [9.17, 15) is 19.5 Å². The number of hydrogen-bond donors (Lipinski definition) is 2. The summed E-state index contributed by atoms with van der Waals surface area (Å²) in [6.07, 6.45) is 4.97. The number of phenols is 1. The first-order valence-electron chi connectivity index (χ1n) is 7.76. The second-order valence-electron chi connectivity index (χ2n) is 5.94. The number of nitrogens with one attached hydrogen (secondary N) is 1. The van der Waals surface area contributed by atoms with Crippen molar-refractivity contribution in [1.29, 1.82) is 0 Å². The van der Waals surface area contributed by atoms with Gasteiger partial charge in [-0.25, -0.2) is 0 Å². The van der Waals surface area contributed by atoms with E-state index >= 15 is 0 Å². The van der Waals surface area contributed by atoms with Crippen LogP contribution in [0.25, 0.3) is 0 Å². The minimum Gasteiger partial charge on any atom is -0.506 e. The highest BCUT2D eigenvalue weighted by atomic mass is 35.5. The average molecular weight is 349 g/mol. The third-order valence-corrected chi connectivity index (χ3v) is 4.63. The Morgan fingerprint density at radius 1 is 1.21 bits per heavy atom. The van der Waals surface area contributed by atoms with Gasteiger partial charge in [0.05, 0.1) is 17.5 Å². The molecular weight excluding hydrogens is 332 g/mol. The van der Waals surface area contributed by atoms with Gasteiger partial charge in [0.15, 0.2) is 0 Å². The molecule has 0 spiro atoms. The lowest BCUT2D eigenvalue weighted by Gasteiger charge is -2.14. The third kappa shape index (κ3) is 3.14. The number of likely N-dealkylation sites (tertiary alicyclic amines) is 1. The summed E-state index contributed by atoms with van der Waals surface area (Å²) in [5.74, 6) is -1.48. The lowest BCUT2D eigenvalue weighted by atomic mass is 9.85. The van der Waals surface area contributed by atoms with Gasteiger partial charge in [0, 0.05) is 18.0 Å². The first-order valence-corrected chi connectivity index (χ1v) is 8.13. The minimum atomic E-state index is -0.402. The lowest BCUT2D eigenvalue weighted by Crippen LogP contribution is -2.34.